The molecule has 0 aromatic heterocycles. The highest BCUT2D eigenvalue weighted by molar-refractivity contribution is 7.99. The minimum Gasteiger partial charge on any atom is -0.505 e. The molecule has 0 aliphatic carbocycles. The normalized spacial score (nSPS) is 15.8. The van der Waals surface area contributed by atoms with E-state index >= 15 is 0 Å². The molecule has 7 heteroatoms. The predicted octanol–water partition coefficient (Wildman–Crippen LogP) is 2.77. The Hall–Kier alpha value is -1.76. The van der Waals surface area contributed by atoms with Gasteiger partial charge in [0.15, 0.2) is 5.69 Å². The Morgan fingerprint density at radius 3 is 2.80 bits per heavy atom. The van der Waals surface area contributed by atoms with Crippen LogP contribution in [-0.2, 0) is 4.79 Å². The number of rotatable bonds is 4. The number of hydrogen-bond donors (Lipinski definition) is 2. The molecule has 108 valence electrons. The molecule has 1 saturated heterocycles. The lowest BCUT2D eigenvalue weighted by atomic mass is 9.98. The van der Waals surface area contributed by atoms with Gasteiger partial charge in [0, 0.05) is 12.5 Å². The maximum absolute atomic E-state index is 12.0. The standard InChI is InChI=1S/C13H16N2O4S/c16-11-3-1-2-10(15(18)19)13(11)14-12(17)8-9-4-6-20-7-5-9/h1-3,9,16H,4-8H2,(H,14,17). The molecule has 0 radical (unpaired) electrons. The van der Waals surface area contributed by atoms with Crippen molar-refractivity contribution in [3.05, 3.63) is 28.3 Å². The Bertz CT molecular complexity index is 515. The first-order chi connectivity index (χ1) is 9.58. The number of carbonyl (C=O) groups excluding carboxylic acids is 1. The van der Waals surface area contributed by atoms with Crippen molar-refractivity contribution in [1.82, 2.24) is 0 Å². The maximum Gasteiger partial charge on any atom is 0.296 e. The van der Waals surface area contributed by atoms with Gasteiger partial charge in [0.05, 0.1) is 4.92 Å². The average molecular weight is 296 g/mol. The third-order valence-electron chi connectivity index (χ3n) is 3.30. The largest absolute Gasteiger partial charge is 0.505 e. The molecular weight excluding hydrogens is 280 g/mol. The van der Waals surface area contributed by atoms with Gasteiger partial charge in [-0.05, 0) is 36.3 Å². The van der Waals surface area contributed by atoms with Gasteiger partial charge in [-0.15, -0.1) is 0 Å². The SMILES string of the molecule is O=C(CC1CCSCC1)Nc1c(O)cccc1[N+](=O)[O-]. The Kier molecular flexibility index (Phi) is 4.84. The fraction of sp³-hybridized carbons (Fsp3) is 0.462. The van der Waals surface area contributed by atoms with E-state index in [1.807, 2.05) is 11.8 Å². The minimum absolute atomic E-state index is 0.118. The fourth-order valence-electron chi connectivity index (χ4n) is 2.21. The van der Waals surface area contributed by atoms with E-state index < -0.39 is 4.92 Å². The predicted molar refractivity (Wildman–Crippen MR) is 78.1 cm³/mol. The summed E-state index contributed by atoms with van der Waals surface area (Å²) in [6.07, 6.45) is 2.31. The lowest BCUT2D eigenvalue weighted by Gasteiger charge is -2.20. The van der Waals surface area contributed by atoms with Crippen LogP contribution in [0.25, 0.3) is 0 Å². The number of thioether (sulfide) groups is 1. The van der Waals surface area contributed by atoms with Crippen LogP contribution in [0, 0.1) is 16.0 Å². The molecule has 0 bridgehead atoms. The maximum atomic E-state index is 12.0. The zero-order valence-corrected chi connectivity index (χ0v) is 11.7. The molecule has 0 unspecified atom stereocenters. The van der Waals surface area contributed by atoms with Crippen molar-refractivity contribution >= 4 is 29.0 Å². The molecule has 6 nitrogen and oxygen atoms in total. The molecule has 20 heavy (non-hydrogen) atoms. The van der Waals surface area contributed by atoms with Gasteiger partial charge in [-0.1, -0.05) is 6.07 Å². The number of phenols is 1. The van der Waals surface area contributed by atoms with Gasteiger partial charge in [0.1, 0.15) is 5.75 Å². The highest BCUT2D eigenvalue weighted by Crippen LogP contribution is 2.33. The van der Waals surface area contributed by atoms with E-state index in [0.29, 0.717) is 12.3 Å². The molecule has 0 atom stereocenters. The van der Waals surface area contributed by atoms with Crippen molar-refractivity contribution in [2.24, 2.45) is 5.92 Å². The summed E-state index contributed by atoms with van der Waals surface area (Å²) in [6.45, 7) is 0. The van der Waals surface area contributed by atoms with Crippen molar-refractivity contribution < 1.29 is 14.8 Å². The van der Waals surface area contributed by atoms with Crippen molar-refractivity contribution in [2.45, 2.75) is 19.3 Å². The number of phenolic OH excluding ortho intramolecular Hbond substituents is 1. The zero-order chi connectivity index (χ0) is 14.5. The molecule has 2 rings (SSSR count). The number of para-hydroxylation sites is 1. The second kappa shape index (κ2) is 6.60. The molecule has 1 aromatic carbocycles. The number of carbonyl (C=O) groups is 1. The van der Waals surface area contributed by atoms with Crippen molar-refractivity contribution in [3.8, 4) is 5.75 Å². The molecule has 0 spiro atoms. The molecule has 1 amide bonds. The van der Waals surface area contributed by atoms with Gasteiger partial charge >= 0.3 is 0 Å². The first-order valence-electron chi connectivity index (χ1n) is 6.42. The molecular formula is C13H16N2O4S. The number of nitrogens with zero attached hydrogens (tertiary/aromatic N) is 1. The monoisotopic (exact) mass is 296 g/mol. The summed E-state index contributed by atoms with van der Waals surface area (Å²) in [4.78, 5) is 22.2. The van der Waals surface area contributed by atoms with E-state index in [0.717, 1.165) is 24.3 Å². The number of nitro groups is 1. The van der Waals surface area contributed by atoms with Crippen LogP contribution in [0.2, 0.25) is 0 Å². The smallest absolute Gasteiger partial charge is 0.296 e. The summed E-state index contributed by atoms with van der Waals surface area (Å²) in [5.41, 5.74) is -0.412. The van der Waals surface area contributed by atoms with Crippen LogP contribution >= 0.6 is 11.8 Å². The Morgan fingerprint density at radius 2 is 2.15 bits per heavy atom. The van der Waals surface area contributed by atoms with E-state index in [9.17, 15) is 20.0 Å². The summed E-state index contributed by atoms with van der Waals surface area (Å²) in [7, 11) is 0. The third kappa shape index (κ3) is 3.63. The first-order valence-corrected chi connectivity index (χ1v) is 7.57. The van der Waals surface area contributed by atoms with E-state index in [1.54, 1.807) is 0 Å². The molecule has 1 fully saturated rings. The van der Waals surface area contributed by atoms with E-state index in [-0.39, 0.29) is 23.0 Å². The average Bonchev–Trinajstić information content (AvgIpc) is 2.42. The lowest BCUT2D eigenvalue weighted by Crippen LogP contribution is -2.20. The first kappa shape index (κ1) is 14.6. The summed E-state index contributed by atoms with van der Waals surface area (Å²) in [5.74, 6) is 1.85. The van der Waals surface area contributed by atoms with E-state index in [2.05, 4.69) is 5.32 Å². The molecule has 1 aliphatic rings. The number of benzene rings is 1. The second-order valence-corrected chi connectivity index (χ2v) is 5.96. The Labute approximate surface area is 120 Å². The fourth-order valence-corrected chi connectivity index (χ4v) is 3.42. The zero-order valence-electron chi connectivity index (χ0n) is 10.9. The van der Waals surface area contributed by atoms with Gasteiger partial charge in [-0.25, -0.2) is 0 Å². The number of nitro benzene ring substituents is 1. The number of amides is 1. The number of hydrogen-bond acceptors (Lipinski definition) is 5. The van der Waals surface area contributed by atoms with Crippen molar-refractivity contribution in [1.29, 1.82) is 0 Å². The highest BCUT2D eigenvalue weighted by Gasteiger charge is 2.22. The lowest BCUT2D eigenvalue weighted by molar-refractivity contribution is -0.384. The van der Waals surface area contributed by atoms with E-state index in [1.165, 1.54) is 18.2 Å². The molecule has 0 saturated carbocycles. The van der Waals surface area contributed by atoms with Crippen molar-refractivity contribution in [2.75, 3.05) is 16.8 Å². The molecule has 1 aliphatic heterocycles. The van der Waals surface area contributed by atoms with Crippen LogP contribution in [0.15, 0.2) is 18.2 Å². The van der Waals surface area contributed by atoms with Crippen LogP contribution in [0.1, 0.15) is 19.3 Å². The van der Waals surface area contributed by atoms with Gasteiger partial charge in [0.25, 0.3) is 5.69 Å². The van der Waals surface area contributed by atoms with Crippen molar-refractivity contribution in [3.63, 3.8) is 0 Å². The molecule has 2 N–H and O–H groups in total. The quantitative estimate of drug-likeness (QED) is 0.506. The molecule has 1 aromatic rings. The van der Waals surface area contributed by atoms with Gasteiger partial charge in [0.2, 0.25) is 5.91 Å². The second-order valence-electron chi connectivity index (χ2n) is 4.74. The van der Waals surface area contributed by atoms with E-state index in [4.69, 9.17) is 0 Å². The topological polar surface area (TPSA) is 92.5 Å². The Morgan fingerprint density at radius 1 is 1.45 bits per heavy atom. The summed E-state index contributed by atoms with van der Waals surface area (Å²) >= 11 is 1.88. The Balaban J connectivity index is 2.05. The van der Waals surface area contributed by atoms with Gasteiger partial charge in [-0.2, -0.15) is 11.8 Å². The van der Waals surface area contributed by atoms with Crippen LogP contribution in [0.5, 0.6) is 5.75 Å². The van der Waals surface area contributed by atoms with Gasteiger partial charge < -0.3 is 10.4 Å². The van der Waals surface area contributed by atoms with Crippen LogP contribution in [0.3, 0.4) is 0 Å². The highest BCUT2D eigenvalue weighted by atomic mass is 32.2. The van der Waals surface area contributed by atoms with Crippen LogP contribution in [0.4, 0.5) is 11.4 Å². The number of anilines is 1. The summed E-state index contributed by atoms with van der Waals surface area (Å²) in [6, 6.07) is 3.95. The third-order valence-corrected chi connectivity index (χ3v) is 4.35. The summed E-state index contributed by atoms with van der Waals surface area (Å²) in [5, 5.41) is 23.0. The van der Waals surface area contributed by atoms with Gasteiger partial charge in [-0.3, -0.25) is 14.9 Å². The molecule has 1 heterocycles. The van der Waals surface area contributed by atoms with Crippen LogP contribution < -0.4 is 5.32 Å². The van der Waals surface area contributed by atoms with Crippen LogP contribution in [-0.4, -0.2) is 27.4 Å². The minimum atomic E-state index is -0.618. The number of aromatic hydroxyl groups is 1. The summed E-state index contributed by atoms with van der Waals surface area (Å²) < 4.78 is 0. The number of nitrogens with one attached hydrogen (secondary N) is 1.